The second-order valence-corrected chi connectivity index (χ2v) is 3.09. The molecular weight excluding hydrogens is 174 g/mol. The largest absolute Gasteiger partial charge is 0.441 e. The molecule has 2 aliphatic rings. The second kappa shape index (κ2) is 2.71. The molecule has 0 aromatic carbocycles. The number of rotatable bonds is 0. The minimum Gasteiger partial charge on any atom is -0.441 e. The Hall–Kier alpha value is -1.16. The summed E-state index contributed by atoms with van der Waals surface area (Å²) in [4.78, 5) is 11.4. The molecule has 3 nitrogen and oxygen atoms in total. The summed E-state index contributed by atoms with van der Waals surface area (Å²) in [5.74, 6) is 0.0164. The number of hydrogen-bond acceptors (Lipinski definition) is 3. The van der Waals surface area contributed by atoms with Gasteiger partial charge >= 0.3 is 6.09 Å². The van der Waals surface area contributed by atoms with Gasteiger partial charge in [0.15, 0.2) is 0 Å². The number of fused-ring (bicyclic) bond motifs is 1. The minimum absolute atomic E-state index is 0.0164. The molecule has 1 saturated heterocycles. The normalized spacial score (nSPS) is 32.3. The molecule has 1 heterocycles. The first-order chi connectivity index (χ1) is 5.77. The molecule has 0 spiro atoms. The van der Waals surface area contributed by atoms with Crippen LogP contribution in [0.3, 0.4) is 0 Å². The van der Waals surface area contributed by atoms with Crippen molar-refractivity contribution >= 4 is 23.3 Å². The smallest absolute Gasteiger partial charge is 0.412 e. The van der Waals surface area contributed by atoms with Crippen LogP contribution >= 0.6 is 12.2 Å². The van der Waals surface area contributed by atoms with Gasteiger partial charge in [0.2, 0.25) is 0 Å². The average Bonchev–Trinajstić information content (AvgIpc) is 2.04. The second-order valence-electron chi connectivity index (χ2n) is 2.65. The van der Waals surface area contributed by atoms with Crippen LogP contribution < -0.4 is 5.32 Å². The predicted molar refractivity (Wildman–Crippen MR) is 47.8 cm³/mol. The third-order valence-electron chi connectivity index (χ3n) is 1.86. The SMILES string of the molecule is O=C1NC(=S)C2C=CC=CC2O1. The van der Waals surface area contributed by atoms with E-state index in [9.17, 15) is 4.79 Å². The summed E-state index contributed by atoms with van der Waals surface area (Å²) in [7, 11) is 0. The quantitative estimate of drug-likeness (QED) is 0.570. The number of hydrogen-bond donors (Lipinski definition) is 1. The molecule has 4 heteroatoms. The van der Waals surface area contributed by atoms with Crippen molar-refractivity contribution in [3.8, 4) is 0 Å². The zero-order valence-electron chi connectivity index (χ0n) is 6.19. The molecule has 1 N–H and O–H groups in total. The molecule has 1 fully saturated rings. The van der Waals surface area contributed by atoms with Crippen LogP contribution in [0.15, 0.2) is 24.3 Å². The molecule has 2 rings (SSSR count). The third kappa shape index (κ3) is 1.14. The molecule has 0 radical (unpaired) electrons. The third-order valence-corrected chi connectivity index (χ3v) is 2.23. The number of ether oxygens (including phenoxy) is 1. The van der Waals surface area contributed by atoms with E-state index in [-0.39, 0.29) is 12.0 Å². The van der Waals surface area contributed by atoms with Crippen molar-refractivity contribution in [3.63, 3.8) is 0 Å². The first kappa shape index (κ1) is 7.49. The Bertz CT molecular complexity index is 295. The Morgan fingerprint density at radius 3 is 3.00 bits per heavy atom. The van der Waals surface area contributed by atoms with Gasteiger partial charge in [-0.25, -0.2) is 4.79 Å². The highest BCUT2D eigenvalue weighted by atomic mass is 32.1. The van der Waals surface area contributed by atoms with Gasteiger partial charge in [0, 0.05) is 0 Å². The van der Waals surface area contributed by atoms with E-state index in [0.717, 1.165) is 0 Å². The van der Waals surface area contributed by atoms with Crippen molar-refractivity contribution in [3.05, 3.63) is 24.3 Å². The van der Waals surface area contributed by atoms with Crippen molar-refractivity contribution in [2.75, 3.05) is 0 Å². The summed E-state index contributed by atoms with van der Waals surface area (Å²) in [6.07, 6.45) is 6.83. The molecule has 0 bridgehead atoms. The summed E-state index contributed by atoms with van der Waals surface area (Å²) in [5.41, 5.74) is 0. The van der Waals surface area contributed by atoms with Crippen LogP contribution in [0.5, 0.6) is 0 Å². The Balaban J connectivity index is 2.25. The maximum Gasteiger partial charge on any atom is 0.412 e. The molecule has 62 valence electrons. The van der Waals surface area contributed by atoms with Crippen LogP contribution in [-0.2, 0) is 4.74 Å². The number of thiocarbonyl (C=S) groups is 1. The summed E-state index contributed by atoms with van der Waals surface area (Å²) < 4.78 is 4.99. The maximum absolute atomic E-state index is 10.8. The molecule has 12 heavy (non-hydrogen) atoms. The maximum atomic E-state index is 10.8. The molecule has 2 atom stereocenters. The average molecular weight is 181 g/mol. The van der Waals surface area contributed by atoms with Gasteiger partial charge in [-0.05, 0) is 6.08 Å². The van der Waals surface area contributed by atoms with Crippen LogP contribution in [0.2, 0.25) is 0 Å². The highest BCUT2D eigenvalue weighted by Crippen LogP contribution is 2.20. The lowest BCUT2D eigenvalue weighted by molar-refractivity contribution is 0.105. The molecule has 1 aliphatic carbocycles. The molecule has 0 aromatic heterocycles. The number of alkyl carbamates (subject to hydrolysis) is 1. The summed E-state index contributed by atoms with van der Waals surface area (Å²) in [5, 5.41) is 2.46. The van der Waals surface area contributed by atoms with E-state index >= 15 is 0 Å². The van der Waals surface area contributed by atoms with Crippen LogP contribution in [-0.4, -0.2) is 17.2 Å². The summed E-state index contributed by atoms with van der Waals surface area (Å²) in [6.45, 7) is 0. The number of carbonyl (C=O) groups excluding carboxylic acids is 1. The van der Waals surface area contributed by atoms with Crippen LogP contribution in [0.4, 0.5) is 4.79 Å². The van der Waals surface area contributed by atoms with Crippen molar-refractivity contribution in [2.45, 2.75) is 6.10 Å². The molecule has 1 amide bonds. The van der Waals surface area contributed by atoms with Crippen molar-refractivity contribution in [1.82, 2.24) is 5.32 Å². The van der Waals surface area contributed by atoms with E-state index < -0.39 is 6.09 Å². The Morgan fingerprint density at radius 2 is 2.17 bits per heavy atom. The Kier molecular flexibility index (Phi) is 1.69. The van der Waals surface area contributed by atoms with Gasteiger partial charge < -0.3 is 4.74 Å². The van der Waals surface area contributed by atoms with E-state index in [2.05, 4.69) is 5.32 Å². The van der Waals surface area contributed by atoms with Crippen molar-refractivity contribution in [1.29, 1.82) is 0 Å². The zero-order chi connectivity index (χ0) is 8.55. The number of amides is 1. The van der Waals surface area contributed by atoms with E-state index in [1.165, 1.54) is 0 Å². The van der Waals surface area contributed by atoms with Gasteiger partial charge in [0.05, 0.1) is 10.9 Å². The fraction of sp³-hybridized carbons (Fsp3) is 0.250. The lowest BCUT2D eigenvalue weighted by Gasteiger charge is -2.29. The molecule has 0 aromatic rings. The van der Waals surface area contributed by atoms with E-state index in [4.69, 9.17) is 17.0 Å². The first-order valence-corrected chi connectivity index (χ1v) is 4.04. The Morgan fingerprint density at radius 1 is 1.42 bits per heavy atom. The van der Waals surface area contributed by atoms with Gasteiger partial charge in [-0.3, -0.25) is 5.32 Å². The monoisotopic (exact) mass is 181 g/mol. The van der Waals surface area contributed by atoms with Gasteiger partial charge in [-0.2, -0.15) is 0 Å². The van der Waals surface area contributed by atoms with Crippen LogP contribution in [0.25, 0.3) is 0 Å². The van der Waals surface area contributed by atoms with Gasteiger partial charge in [-0.1, -0.05) is 30.4 Å². The van der Waals surface area contributed by atoms with E-state index in [1.54, 1.807) is 0 Å². The van der Waals surface area contributed by atoms with Gasteiger partial charge in [-0.15, -0.1) is 0 Å². The van der Waals surface area contributed by atoms with Crippen LogP contribution in [0, 0.1) is 5.92 Å². The van der Waals surface area contributed by atoms with E-state index in [0.29, 0.717) is 4.99 Å². The lowest BCUT2D eigenvalue weighted by atomic mass is 9.96. The first-order valence-electron chi connectivity index (χ1n) is 3.64. The molecule has 1 aliphatic heterocycles. The summed E-state index contributed by atoms with van der Waals surface area (Å²) in [6, 6.07) is 0. The number of allylic oxidation sites excluding steroid dienone is 2. The molecule has 2 unspecified atom stereocenters. The Labute approximate surface area is 75.1 Å². The highest BCUT2D eigenvalue weighted by Gasteiger charge is 2.31. The molecule has 0 saturated carbocycles. The van der Waals surface area contributed by atoms with Crippen LogP contribution in [0.1, 0.15) is 0 Å². The standard InChI is InChI=1S/C8H7NO2S/c10-8-9-7(12)5-3-1-2-4-6(5)11-8/h1-6H,(H,9,10,12). The lowest BCUT2D eigenvalue weighted by Crippen LogP contribution is -2.47. The number of carbonyl (C=O) groups is 1. The van der Waals surface area contributed by atoms with Crippen molar-refractivity contribution in [2.24, 2.45) is 5.92 Å². The van der Waals surface area contributed by atoms with Gasteiger partial charge in [0.25, 0.3) is 0 Å². The number of nitrogens with one attached hydrogen (secondary N) is 1. The minimum atomic E-state index is -0.457. The fourth-order valence-electron chi connectivity index (χ4n) is 1.27. The predicted octanol–water partition coefficient (Wildman–Crippen LogP) is 1.16. The van der Waals surface area contributed by atoms with E-state index in [1.807, 2.05) is 24.3 Å². The van der Waals surface area contributed by atoms with Gasteiger partial charge in [0.1, 0.15) is 6.10 Å². The molecular formula is C8H7NO2S. The van der Waals surface area contributed by atoms with Crippen molar-refractivity contribution < 1.29 is 9.53 Å². The highest BCUT2D eigenvalue weighted by molar-refractivity contribution is 7.80. The topological polar surface area (TPSA) is 38.3 Å². The fourth-order valence-corrected chi connectivity index (χ4v) is 1.57. The zero-order valence-corrected chi connectivity index (χ0v) is 7.01. The summed E-state index contributed by atoms with van der Waals surface area (Å²) >= 11 is 4.98.